The van der Waals surface area contributed by atoms with Crippen molar-refractivity contribution in [3.8, 4) is 0 Å². The van der Waals surface area contributed by atoms with E-state index in [1.165, 1.54) is 5.56 Å². The highest BCUT2D eigenvalue weighted by Crippen LogP contribution is 2.31. The van der Waals surface area contributed by atoms with Crippen LogP contribution in [0, 0.1) is 6.92 Å². The van der Waals surface area contributed by atoms with Gasteiger partial charge in [-0.1, -0.05) is 35.1 Å². The molecule has 1 saturated heterocycles. The van der Waals surface area contributed by atoms with Gasteiger partial charge in [0, 0.05) is 36.8 Å². The molecule has 5 nitrogen and oxygen atoms in total. The summed E-state index contributed by atoms with van der Waals surface area (Å²) < 4.78 is 6.51. The Kier molecular flexibility index (Phi) is 6.45. The maximum Gasteiger partial charge on any atom is 0.260 e. The third-order valence-corrected chi connectivity index (χ3v) is 6.32. The van der Waals surface area contributed by atoms with Gasteiger partial charge in [0.05, 0.1) is 23.4 Å². The smallest absolute Gasteiger partial charge is 0.260 e. The fourth-order valence-corrected chi connectivity index (χ4v) is 4.75. The van der Waals surface area contributed by atoms with Crippen LogP contribution in [-0.2, 0) is 4.74 Å². The molecular weight excluding hydrogens is 406 g/mol. The topological polar surface area (TPSA) is 45.7 Å². The Morgan fingerprint density at radius 1 is 1.24 bits per heavy atom. The lowest BCUT2D eigenvalue weighted by Gasteiger charge is -2.27. The third kappa shape index (κ3) is 4.95. The van der Waals surface area contributed by atoms with E-state index in [4.69, 9.17) is 21.3 Å². The van der Waals surface area contributed by atoms with Crippen LogP contribution in [0.15, 0.2) is 42.5 Å². The van der Waals surface area contributed by atoms with Crippen molar-refractivity contribution in [2.24, 2.45) is 0 Å². The predicted octanol–water partition coefficient (Wildman–Crippen LogP) is 4.63. The van der Waals surface area contributed by atoms with Crippen molar-refractivity contribution >= 4 is 44.2 Å². The number of carbonyl (C=O) groups is 1. The number of ether oxygens (including phenoxy) is 1. The maximum absolute atomic E-state index is 13.3. The second-order valence-electron chi connectivity index (χ2n) is 7.24. The highest BCUT2D eigenvalue weighted by atomic mass is 35.5. The van der Waals surface area contributed by atoms with Crippen LogP contribution in [-0.4, -0.2) is 55.2 Å². The second-order valence-corrected chi connectivity index (χ2v) is 8.69. The number of amides is 1. The number of hydrogen-bond acceptors (Lipinski definition) is 5. The number of halogens is 1. The van der Waals surface area contributed by atoms with Crippen molar-refractivity contribution in [3.05, 3.63) is 58.6 Å². The minimum atomic E-state index is -0.0646. The van der Waals surface area contributed by atoms with Gasteiger partial charge in [0.25, 0.3) is 5.91 Å². The molecule has 0 aliphatic carbocycles. The molecule has 1 aliphatic rings. The SMILES string of the molecule is Cc1ccc2nc(N(CCCN3CCOCC3)C(=O)c3cccc(Cl)c3)sc2c1. The zero-order valence-corrected chi connectivity index (χ0v) is 18.0. The first kappa shape index (κ1) is 20.3. The molecule has 3 aromatic rings. The van der Waals surface area contributed by atoms with Crippen molar-refractivity contribution in [3.63, 3.8) is 0 Å². The Bertz CT molecular complexity index is 1000. The van der Waals surface area contributed by atoms with Crippen LogP contribution in [0.1, 0.15) is 22.3 Å². The summed E-state index contributed by atoms with van der Waals surface area (Å²) in [5.41, 5.74) is 2.69. The molecule has 0 radical (unpaired) electrons. The molecule has 4 rings (SSSR count). The molecule has 29 heavy (non-hydrogen) atoms. The summed E-state index contributed by atoms with van der Waals surface area (Å²) in [5.74, 6) is -0.0646. The summed E-state index contributed by atoms with van der Waals surface area (Å²) in [6.45, 7) is 7.07. The lowest BCUT2D eigenvalue weighted by molar-refractivity contribution is 0.0376. The van der Waals surface area contributed by atoms with E-state index in [0.717, 1.165) is 54.6 Å². The number of morpholine rings is 1. The third-order valence-electron chi connectivity index (χ3n) is 5.04. The van der Waals surface area contributed by atoms with Gasteiger partial charge < -0.3 is 4.74 Å². The number of thiazole rings is 1. The molecule has 0 atom stereocenters. The number of fused-ring (bicyclic) bond motifs is 1. The van der Waals surface area contributed by atoms with Gasteiger partial charge in [0.15, 0.2) is 5.13 Å². The summed E-state index contributed by atoms with van der Waals surface area (Å²) in [5, 5.41) is 1.29. The number of carbonyl (C=O) groups excluding carboxylic acids is 1. The number of aryl methyl sites for hydroxylation is 1. The first-order valence-corrected chi connectivity index (χ1v) is 11.0. The zero-order chi connectivity index (χ0) is 20.2. The minimum absolute atomic E-state index is 0.0646. The summed E-state index contributed by atoms with van der Waals surface area (Å²) >= 11 is 7.69. The van der Waals surface area contributed by atoms with Crippen LogP contribution < -0.4 is 4.90 Å². The molecule has 0 spiro atoms. The predicted molar refractivity (Wildman–Crippen MR) is 119 cm³/mol. The Labute approximate surface area is 179 Å². The number of aromatic nitrogens is 1. The highest BCUT2D eigenvalue weighted by molar-refractivity contribution is 7.22. The Balaban J connectivity index is 1.57. The van der Waals surface area contributed by atoms with Crippen LogP contribution in [0.4, 0.5) is 5.13 Å². The zero-order valence-electron chi connectivity index (χ0n) is 16.4. The van der Waals surface area contributed by atoms with Gasteiger partial charge in [0.1, 0.15) is 0 Å². The standard InChI is InChI=1S/C22H24ClN3O2S/c1-16-6-7-19-20(14-16)29-22(24-19)26(9-3-8-25-10-12-28-13-11-25)21(27)17-4-2-5-18(23)15-17/h2,4-7,14-15H,3,8-13H2,1H3. The Morgan fingerprint density at radius 3 is 2.86 bits per heavy atom. The average molecular weight is 430 g/mol. The molecular formula is C22H24ClN3O2S. The lowest BCUT2D eigenvalue weighted by Crippen LogP contribution is -2.39. The van der Waals surface area contributed by atoms with Gasteiger partial charge in [-0.3, -0.25) is 14.6 Å². The van der Waals surface area contributed by atoms with Crippen molar-refractivity contribution in [2.75, 3.05) is 44.3 Å². The summed E-state index contributed by atoms with van der Waals surface area (Å²) in [7, 11) is 0. The van der Waals surface area contributed by atoms with Crippen LogP contribution in [0.25, 0.3) is 10.2 Å². The van der Waals surface area contributed by atoms with Crippen LogP contribution in [0.5, 0.6) is 0 Å². The fraction of sp³-hybridized carbons (Fsp3) is 0.364. The molecule has 2 heterocycles. The van der Waals surface area contributed by atoms with E-state index < -0.39 is 0 Å². The van der Waals surface area contributed by atoms with Gasteiger partial charge in [-0.15, -0.1) is 0 Å². The van der Waals surface area contributed by atoms with Crippen molar-refractivity contribution in [1.82, 2.24) is 9.88 Å². The number of rotatable bonds is 6. The van der Waals surface area contributed by atoms with Crippen molar-refractivity contribution in [2.45, 2.75) is 13.3 Å². The van der Waals surface area contributed by atoms with Crippen LogP contribution >= 0.6 is 22.9 Å². The van der Waals surface area contributed by atoms with Gasteiger partial charge in [-0.2, -0.15) is 0 Å². The van der Waals surface area contributed by atoms with Crippen LogP contribution in [0.3, 0.4) is 0 Å². The van der Waals surface area contributed by atoms with E-state index in [-0.39, 0.29) is 5.91 Å². The van der Waals surface area contributed by atoms with Gasteiger partial charge in [0.2, 0.25) is 0 Å². The molecule has 1 aromatic heterocycles. The monoisotopic (exact) mass is 429 g/mol. The van der Waals surface area contributed by atoms with Gasteiger partial charge in [-0.25, -0.2) is 4.98 Å². The van der Waals surface area contributed by atoms with E-state index in [1.807, 2.05) is 18.2 Å². The van der Waals surface area contributed by atoms with E-state index >= 15 is 0 Å². The number of hydrogen-bond donors (Lipinski definition) is 0. The van der Waals surface area contributed by atoms with Gasteiger partial charge in [-0.05, 0) is 49.2 Å². The lowest BCUT2D eigenvalue weighted by atomic mass is 10.2. The molecule has 0 unspecified atom stereocenters. The Hall–Kier alpha value is -1.99. The first-order valence-electron chi connectivity index (χ1n) is 9.85. The van der Waals surface area contributed by atoms with Gasteiger partial charge >= 0.3 is 0 Å². The van der Waals surface area contributed by atoms with Crippen molar-refractivity contribution in [1.29, 1.82) is 0 Å². The molecule has 152 valence electrons. The summed E-state index contributed by atoms with van der Waals surface area (Å²) in [4.78, 5) is 22.2. The van der Waals surface area contributed by atoms with E-state index in [2.05, 4.69) is 17.9 Å². The number of benzene rings is 2. The van der Waals surface area contributed by atoms with E-state index in [1.54, 1.807) is 34.4 Å². The highest BCUT2D eigenvalue weighted by Gasteiger charge is 2.22. The molecule has 7 heteroatoms. The molecule has 1 amide bonds. The number of nitrogens with zero attached hydrogens (tertiary/aromatic N) is 3. The average Bonchev–Trinajstić information content (AvgIpc) is 3.14. The number of anilines is 1. The molecule has 0 bridgehead atoms. The summed E-state index contributed by atoms with van der Waals surface area (Å²) in [6.07, 6.45) is 0.876. The molecule has 1 aliphatic heterocycles. The maximum atomic E-state index is 13.3. The largest absolute Gasteiger partial charge is 0.379 e. The molecule has 0 saturated carbocycles. The normalized spacial score (nSPS) is 15.0. The summed E-state index contributed by atoms with van der Waals surface area (Å²) in [6, 6.07) is 13.3. The molecule has 2 aromatic carbocycles. The van der Waals surface area contributed by atoms with E-state index in [0.29, 0.717) is 17.1 Å². The first-order chi connectivity index (χ1) is 14.1. The molecule has 1 fully saturated rings. The minimum Gasteiger partial charge on any atom is -0.379 e. The Morgan fingerprint density at radius 2 is 2.07 bits per heavy atom. The van der Waals surface area contributed by atoms with Crippen LogP contribution in [0.2, 0.25) is 5.02 Å². The quantitative estimate of drug-likeness (QED) is 0.573. The van der Waals surface area contributed by atoms with Crippen molar-refractivity contribution < 1.29 is 9.53 Å². The van der Waals surface area contributed by atoms with E-state index in [9.17, 15) is 4.79 Å². The second kappa shape index (κ2) is 9.22. The molecule has 0 N–H and O–H groups in total. The fourth-order valence-electron chi connectivity index (χ4n) is 3.47.